The molecule has 2 aromatic carbocycles. The summed E-state index contributed by atoms with van der Waals surface area (Å²) in [6.07, 6.45) is 2.88. The predicted octanol–water partition coefficient (Wildman–Crippen LogP) is 3.32. The van der Waals surface area contributed by atoms with Crippen molar-refractivity contribution in [2.45, 2.75) is 61.4 Å². The number of halogens is 1. The molecule has 0 radical (unpaired) electrons. The molecule has 2 aromatic rings. The minimum atomic E-state index is -0.931. The van der Waals surface area contributed by atoms with E-state index in [1.165, 1.54) is 11.1 Å². The Bertz CT molecular complexity index is 1050. The predicted molar refractivity (Wildman–Crippen MR) is 125 cm³/mol. The van der Waals surface area contributed by atoms with Crippen LogP contribution >= 0.6 is 0 Å². The average Bonchev–Trinajstić information content (AvgIpc) is 3.16. The fourth-order valence-corrected chi connectivity index (χ4v) is 7.57. The summed E-state index contributed by atoms with van der Waals surface area (Å²) in [4.78, 5) is 4.57. The quantitative estimate of drug-likeness (QED) is 0.729. The van der Waals surface area contributed by atoms with Gasteiger partial charge in [0.2, 0.25) is 0 Å². The van der Waals surface area contributed by atoms with Crippen molar-refractivity contribution in [3.05, 3.63) is 59.2 Å². The first-order valence-corrected chi connectivity index (χ1v) is 12.2. The van der Waals surface area contributed by atoms with Gasteiger partial charge in [0, 0.05) is 30.7 Å². The molecule has 1 spiro atoms. The Morgan fingerprint density at radius 3 is 2.79 bits per heavy atom. The number of methoxy groups -OCH3 is 1. The van der Waals surface area contributed by atoms with E-state index in [4.69, 9.17) is 9.47 Å². The van der Waals surface area contributed by atoms with Crippen molar-refractivity contribution in [1.29, 1.82) is 0 Å². The summed E-state index contributed by atoms with van der Waals surface area (Å²) in [5.41, 5.74) is 2.22. The number of likely N-dealkylation sites (tertiary alicyclic amines) is 1. The van der Waals surface area contributed by atoms with Crippen molar-refractivity contribution < 1.29 is 19.0 Å². The lowest BCUT2D eigenvalue weighted by atomic mass is 9.48. The van der Waals surface area contributed by atoms with E-state index >= 15 is 0 Å². The standard InChI is InChI=1S/C27H33FN2O3/c1-29(17-18-6-4-3-5-7-18)20-10-11-27(31)22-16-19-8-9-21(32-2)24-23(19)26(27,25(20)33-24)12-14-30(22)15-13-28/h3-9,20,22,25,31H,10-17H2,1-2H3/t20-,22-,25+,26+,27-/m1/s1. The van der Waals surface area contributed by atoms with Crippen molar-refractivity contribution in [3.8, 4) is 11.5 Å². The van der Waals surface area contributed by atoms with Crippen LogP contribution in [0, 0.1) is 0 Å². The fourth-order valence-electron chi connectivity index (χ4n) is 7.57. The van der Waals surface area contributed by atoms with Crippen LogP contribution < -0.4 is 9.47 Å². The molecule has 2 aliphatic carbocycles. The molecule has 2 bridgehead atoms. The molecule has 0 unspecified atom stereocenters. The Hall–Kier alpha value is -2.15. The second-order valence-electron chi connectivity index (χ2n) is 10.3. The lowest BCUT2D eigenvalue weighted by molar-refractivity contribution is -0.199. The van der Waals surface area contributed by atoms with Crippen LogP contribution in [-0.4, -0.2) is 72.6 Å². The fraction of sp³-hybridized carbons (Fsp3) is 0.556. The Kier molecular flexibility index (Phi) is 4.98. The summed E-state index contributed by atoms with van der Waals surface area (Å²) in [7, 11) is 3.85. The molecule has 6 rings (SSSR count). The van der Waals surface area contributed by atoms with Crippen LogP contribution in [0.25, 0.3) is 0 Å². The van der Waals surface area contributed by atoms with Crippen molar-refractivity contribution in [2.24, 2.45) is 0 Å². The molecule has 4 aliphatic rings. The van der Waals surface area contributed by atoms with Crippen molar-refractivity contribution in [2.75, 3.05) is 33.9 Å². The number of rotatable bonds is 6. The zero-order valence-corrected chi connectivity index (χ0v) is 19.5. The van der Waals surface area contributed by atoms with Gasteiger partial charge in [-0.2, -0.15) is 0 Å². The molecular formula is C27H33FN2O3. The maximum absolute atomic E-state index is 13.4. The lowest BCUT2D eigenvalue weighted by Gasteiger charge is -2.64. The van der Waals surface area contributed by atoms with Crippen molar-refractivity contribution in [1.82, 2.24) is 9.80 Å². The third-order valence-electron chi connectivity index (χ3n) is 8.96. The molecule has 2 heterocycles. The first-order chi connectivity index (χ1) is 16.0. The summed E-state index contributed by atoms with van der Waals surface area (Å²) in [5, 5.41) is 12.5. The molecule has 2 fully saturated rings. The number of nitrogens with zero attached hydrogens (tertiary/aromatic N) is 2. The molecular weight excluding hydrogens is 419 g/mol. The number of hydrogen-bond acceptors (Lipinski definition) is 5. The Balaban J connectivity index is 1.46. The summed E-state index contributed by atoms with van der Waals surface area (Å²) in [6, 6.07) is 14.7. The van der Waals surface area contributed by atoms with Crippen LogP contribution in [0.5, 0.6) is 11.5 Å². The third-order valence-corrected chi connectivity index (χ3v) is 8.96. The number of benzene rings is 2. The first-order valence-electron chi connectivity index (χ1n) is 12.2. The topological polar surface area (TPSA) is 45.2 Å². The Morgan fingerprint density at radius 1 is 1.21 bits per heavy atom. The highest BCUT2D eigenvalue weighted by molar-refractivity contribution is 5.63. The van der Waals surface area contributed by atoms with Gasteiger partial charge in [-0.05, 0) is 56.5 Å². The Labute approximate surface area is 195 Å². The van der Waals surface area contributed by atoms with E-state index in [1.54, 1.807) is 7.11 Å². The minimum Gasteiger partial charge on any atom is -0.493 e. The normalized spacial score (nSPS) is 34.2. The molecule has 5 atom stereocenters. The van der Waals surface area contributed by atoms with Crippen LogP contribution in [0.1, 0.15) is 36.0 Å². The third kappa shape index (κ3) is 2.81. The summed E-state index contributed by atoms with van der Waals surface area (Å²) >= 11 is 0. The number of hydrogen-bond donors (Lipinski definition) is 1. The molecule has 0 amide bonds. The zero-order valence-electron chi connectivity index (χ0n) is 19.5. The molecule has 1 N–H and O–H groups in total. The number of piperidine rings is 1. The molecule has 5 nitrogen and oxygen atoms in total. The number of aliphatic hydroxyl groups is 1. The molecule has 0 aromatic heterocycles. The van der Waals surface area contributed by atoms with Gasteiger partial charge >= 0.3 is 0 Å². The number of likely N-dealkylation sites (N-methyl/N-ethyl adjacent to an activating group) is 1. The van der Waals surface area contributed by atoms with E-state index in [0.29, 0.717) is 13.0 Å². The van der Waals surface area contributed by atoms with Crippen LogP contribution in [0.3, 0.4) is 0 Å². The SMILES string of the molecule is COc1ccc2c3c1O[C@H]1[C@H](N(C)Cc4ccccc4)CC[C@@]4(O)[C@@H](C2)N(CCF)CC[C@]314. The minimum absolute atomic E-state index is 0.0830. The second-order valence-corrected chi connectivity index (χ2v) is 10.3. The smallest absolute Gasteiger partial charge is 0.165 e. The molecule has 1 saturated carbocycles. The second kappa shape index (κ2) is 7.69. The van der Waals surface area contributed by atoms with Gasteiger partial charge in [-0.3, -0.25) is 9.80 Å². The monoisotopic (exact) mass is 452 g/mol. The first kappa shape index (κ1) is 21.4. The van der Waals surface area contributed by atoms with Gasteiger partial charge in [-0.25, -0.2) is 4.39 Å². The van der Waals surface area contributed by atoms with Crippen LogP contribution in [0.4, 0.5) is 4.39 Å². The zero-order chi connectivity index (χ0) is 22.8. The largest absolute Gasteiger partial charge is 0.493 e. The average molecular weight is 453 g/mol. The van der Waals surface area contributed by atoms with Gasteiger partial charge < -0.3 is 14.6 Å². The van der Waals surface area contributed by atoms with Gasteiger partial charge in [0.05, 0.1) is 18.1 Å². The lowest BCUT2D eigenvalue weighted by Crippen LogP contribution is -2.78. The van der Waals surface area contributed by atoms with Crippen molar-refractivity contribution >= 4 is 0 Å². The summed E-state index contributed by atoms with van der Waals surface area (Å²) in [6.45, 7) is 1.60. The molecule has 6 heteroatoms. The van der Waals surface area contributed by atoms with E-state index in [9.17, 15) is 9.50 Å². The van der Waals surface area contributed by atoms with Crippen LogP contribution in [0.15, 0.2) is 42.5 Å². The Morgan fingerprint density at radius 2 is 2.03 bits per heavy atom. The molecule has 2 aliphatic heterocycles. The van der Waals surface area contributed by atoms with E-state index < -0.39 is 11.0 Å². The number of ether oxygens (including phenoxy) is 2. The molecule has 176 valence electrons. The summed E-state index contributed by atoms with van der Waals surface area (Å²) in [5.74, 6) is 1.56. The highest BCUT2D eigenvalue weighted by Crippen LogP contribution is 2.65. The number of alkyl halides is 1. The van der Waals surface area contributed by atoms with E-state index in [-0.39, 0.29) is 24.9 Å². The summed E-state index contributed by atoms with van der Waals surface area (Å²) < 4.78 is 26.0. The van der Waals surface area contributed by atoms with Crippen molar-refractivity contribution in [3.63, 3.8) is 0 Å². The van der Waals surface area contributed by atoms with Gasteiger partial charge in [0.25, 0.3) is 0 Å². The van der Waals surface area contributed by atoms with E-state index in [0.717, 1.165) is 49.4 Å². The highest BCUT2D eigenvalue weighted by atomic mass is 19.1. The maximum atomic E-state index is 13.4. The van der Waals surface area contributed by atoms with Gasteiger partial charge in [0.1, 0.15) is 12.8 Å². The van der Waals surface area contributed by atoms with Gasteiger partial charge in [0.15, 0.2) is 11.5 Å². The molecule has 33 heavy (non-hydrogen) atoms. The maximum Gasteiger partial charge on any atom is 0.165 e. The van der Waals surface area contributed by atoms with Crippen LogP contribution in [-0.2, 0) is 18.4 Å². The van der Waals surface area contributed by atoms with E-state index in [1.807, 2.05) is 12.1 Å². The van der Waals surface area contributed by atoms with Gasteiger partial charge in [-0.15, -0.1) is 0 Å². The van der Waals surface area contributed by atoms with Crippen LogP contribution in [0.2, 0.25) is 0 Å². The highest BCUT2D eigenvalue weighted by Gasteiger charge is 2.73. The molecule has 1 saturated heterocycles. The van der Waals surface area contributed by atoms with Gasteiger partial charge in [-0.1, -0.05) is 36.4 Å². The van der Waals surface area contributed by atoms with E-state index in [2.05, 4.69) is 47.2 Å².